The molecule has 0 aliphatic rings. The Morgan fingerprint density at radius 2 is 2.14 bits per heavy atom. The molecule has 0 atom stereocenters. The molecule has 22 heavy (non-hydrogen) atoms. The number of H-pyrrole nitrogens is 1. The third kappa shape index (κ3) is 2.80. The highest BCUT2D eigenvalue weighted by Crippen LogP contribution is 2.28. The molecule has 1 aromatic carbocycles. The molecule has 0 radical (unpaired) electrons. The Hall–Kier alpha value is -2.40. The Morgan fingerprint density at radius 1 is 1.32 bits per heavy atom. The van der Waals surface area contributed by atoms with E-state index in [0.29, 0.717) is 5.69 Å². The molecule has 0 saturated heterocycles. The first-order valence-corrected chi connectivity index (χ1v) is 8.07. The maximum absolute atomic E-state index is 12.4. The van der Waals surface area contributed by atoms with E-state index in [0.717, 1.165) is 22.0 Å². The van der Waals surface area contributed by atoms with Crippen molar-refractivity contribution in [3.63, 3.8) is 0 Å². The fourth-order valence-electron chi connectivity index (χ4n) is 2.51. The zero-order valence-corrected chi connectivity index (χ0v) is 13.3. The van der Waals surface area contributed by atoms with E-state index in [-0.39, 0.29) is 11.8 Å². The number of hydrazone groups is 1. The Kier molecular flexibility index (Phi) is 4.06. The van der Waals surface area contributed by atoms with E-state index in [1.807, 2.05) is 41.1 Å². The Labute approximate surface area is 132 Å². The third-order valence-corrected chi connectivity index (χ3v) is 4.18. The number of benzene rings is 1. The van der Waals surface area contributed by atoms with Crippen LogP contribution in [0, 0.1) is 0 Å². The summed E-state index contributed by atoms with van der Waals surface area (Å²) in [7, 11) is 0. The standard InChI is InChI=1S/C17H17N3OS/c1-11(2)15-13-5-3-4-6-14(13)19-16(15)17(21)20-18-9-12-7-8-22-10-12/h3-11,19H,1-2H3,(H,20,21)/b18-9+. The molecule has 2 aromatic heterocycles. The van der Waals surface area contributed by atoms with Gasteiger partial charge in [0.1, 0.15) is 5.69 Å². The minimum atomic E-state index is -0.216. The van der Waals surface area contributed by atoms with Gasteiger partial charge in [-0.05, 0) is 34.4 Å². The number of nitrogens with zero attached hydrogens (tertiary/aromatic N) is 1. The minimum absolute atomic E-state index is 0.216. The number of fused-ring (bicyclic) bond motifs is 1. The topological polar surface area (TPSA) is 57.2 Å². The number of nitrogens with one attached hydrogen (secondary N) is 2. The minimum Gasteiger partial charge on any atom is -0.350 e. The number of amides is 1. The van der Waals surface area contributed by atoms with E-state index >= 15 is 0 Å². The maximum Gasteiger partial charge on any atom is 0.288 e. The van der Waals surface area contributed by atoms with Crippen molar-refractivity contribution in [2.24, 2.45) is 5.10 Å². The lowest BCUT2D eigenvalue weighted by atomic mass is 9.99. The summed E-state index contributed by atoms with van der Waals surface area (Å²) in [5.74, 6) is 0.0316. The fourth-order valence-corrected chi connectivity index (χ4v) is 3.12. The van der Waals surface area contributed by atoms with Gasteiger partial charge in [0, 0.05) is 16.5 Å². The highest BCUT2D eigenvalue weighted by atomic mass is 32.1. The van der Waals surface area contributed by atoms with E-state index in [1.54, 1.807) is 17.6 Å². The molecular weight excluding hydrogens is 294 g/mol. The summed E-state index contributed by atoms with van der Waals surface area (Å²) in [5, 5.41) is 9.05. The van der Waals surface area contributed by atoms with Crippen molar-refractivity contribution in [1.82, 2.24) is 10.4 Å². The quantitative estimate of drug-likeness (QED) is 0.553. The Balaban J connectivity index is 1.88. The molecule has 5 heteroatoms. The van der Waals surface area contributed by atoms with Gasteiger partial charge in [-0.2, -0.15) is 16.4 Å². The summed E-state index contributed by atoms with van der Waals surface area (Å²) < 4.78 is 0. The number of aromatic amines is 1. The highest BCUT2D eigenvalue weighted by Gasteiger charge is 2.19. The van der Waals surface area contributed by atoms with Crippen LogP contribution in [-0.2, 0) is 0 Å². The van der Waals surface area contributed by atoms with Crippen LogP contribution in [0.1, 0.15) is 41.4 Å². The number of para-hydroxylation sites is 1. The van der Waals surface area contributed by atoms with Crippen LogP contribution in [0.5, 0.6) is 0 Å². The van der Waals surface area contributed by atoms with Crippen molar-refractivity contribution < 1.29 is 4.79 Å². The lowest BCUT2D eigenvalue weighted by molar-refractivity contribution is 0.0949. The van der Waals surface area contributed by atoms with Crippen molar-refractivity contribution in [3.05, 3.63) is 57.9 Å². The first-order valence-electron chi connectivity index (χ1n) is 7.13. The normalized spacial score (nSPS) is 11.6. The smallest absolute Gasteiger partial charge is 0.288 e. The third-order valence-electron chi connectivity index (χ3n) is 3.47. The van der Waals surface area contributed by atoms with E-state index in [2.05, 4.69) is 29.4 Å². The number of hydrogen-bond acceptors (Lipinski definition) is 3. The number of rotatable bonds is 4. The molecule has 4 nitrogen and oxygen atoms in total. The van der Waals surface area contributed by atoms with Crippen molar-refractivity contribution in [2.45, 2.75) is 19.8 Å². The highest BCUT2D eigenvalue weighted by molar-refractivity contribution is 7.08. The number of hydrogen-bond donors (Lipinski definition) is 2. The molecule has 3 rings (SSSR count). The lowest BCUT2D eigenvalue weighted by Crippen LogP contribution is -2.19. The summed E-state index contributed by atoms with van der Waals surface area (Å²) >= 11 is 1.59. The van der Waals surface area contributed by atoms with Crippen LogP contribution in [0.2, 0.25) is 0 Å². The van der Waals surface area contributed by atoms with Crippen molar-refractivity contribution in [3.8, 4) is 0 Å². The van der Waals surface area contributed by atoms with E-state index in [4.69, 9.17) is 0 Å². The number of carbonyl (C=O) groups excluding carboxylic acids is 1. The van der Waals surface area contributed by atoms with Gasteiger partial charge in [0.25, 0.3) is 5.91 Å². The largest absolute Gasteiger partial charge is 0.350 e. The molecule has 3 aromatic rings. The van der Waals surface area contributed by atoms with Crippen molar-refractivity contribution in [2.75, 3.05) is 0 Å². The number of carbonyl (C=O) groups is 1. The van der Waals surface area contributed by atoms with Crippen molar-refractivity contribution >= 4 is 34.4 Å². The lowest BCUT2D eigenvalue weighted by Gasteiger charge is -2.06. The second-order valence-electron chi connectivity index (χ2n) is 5.37. The van der Waals surface area contributed by atoms with Crippen LogP contribution in [0.4, 0.5) is 0 Å². The molecule has 0 bridgehead atoms. The molecule has 0 fully saturated rings. The van der Waals surface area contributed by atoms with Crippen LogP contribution < -0.4 is 5.43 Å². The predicted octanol–water partition coefficient (Wildman–Crippen LogP) is 4.12. The molecule has 2 heterocycles. The summed E-state index contributed by atoms with van der Waals surface area (Å²) in [6, 6.07) is 9.90. The van der Waals surface area contributed by atoms with Crippen LogP contribution in [0.3, 0.4) is 0 Å². The van der Waals surface area contributed by atoms with Gasteiger partial charge >= 0.3 is 0 Å². The van der Waals surface area contributed by atoms with Gasteiger partial charge in [0.2, 0.25) is 0 Å². The average molecular weight is 311 g/mol. The predicted molar refractivity (Wildman–Crippen MR) is 91.8 cm³/mol. The SMILES string of the molecule is CC(C)c1c(C(=O)N/N=C/c2ccsc2)[nH]c2ccccc12. The summed E-state index contributed by atoms with van der Waals surface area (Å²) in [4.78, 5) is 15.6. The molecule has 1 amide bonds. The Bertz CT molecular complexity index is 816. The summed E-state index contributed by atoms with van der Waals surface area (Å²) in [6.07, 6.45) is 1.64. The molecule has 112 valence electrons. The monoisotopic (exact) mass is 311 g/mol. The fraction of sp³-hybridized carbons (Fsp3) is 0.176. The summed E-state index contributed by atoms with van der Waals surface area (Å²) in [6.45, 7) is 4.17. The maximum atomic E-state index is 12.4. The van der Waals surface area contributed by atoms with Gasteiger partial charge in [-0.1, -0.05) is 32.0 Å². The second kappa shape index (κ2) is 6.15. The average Bonchev–Trinajstić information content (AvgIpc) is 3.13. The van der Waals surface area contributed by atoms with Gasteiger partial charge < -0.3 is 4.98 Å². The molecule has 0 spiro atoms. The number of aromatic nitrogens is 1. The van der Waals surface area contributed by atoms with Crippen LogP contribution in [0.25, 0.3) is 10.9 Å². The van der Waals surface area contributed by atoms with Gasteiger partial charge in [0.15, 0.2) is 0 Å². The van der Waals surface area contributed by atoms with Gasteiger partial charge in [-0.25, -0.2) is 5.43 Å². The molecule has 0 unspecified atom stereocenters. The van der Waals surface area contributed by atoms with E-state index < -0.39 is 0 Å². The molecule has 0 saturated carbocycles. The second-order valence-corrected chi connectivity index (χ2v) is 6.15. The van der Waals surface area contributed by atoms with Crippen molar-refractivity contribution in [1.29, 1.82) is 0 Å². The van der Waals surface area contributed by atoms with Gasteiger partial charge in [-0.15, -0.1) is 0 Å². The number of thiophene rings is 1. The van der Waals surface area contributed by atoms with Crippen LogP contribution in [-0.4, -0.2) is 17.1 Å². The molecule has 0 aliphatic heterocycles. The zero-order chi connectivity index (χ0) is 15.5. The zero-order valence-electron chi connectivity index (χ0n) is 12.5. The van der Waals surface area contributed by atoms with E-state index in [1.165, 1.54) is 0 Å². The molecular formula is C17H17N3OS. The first kappa shape index (κ1) is 14.5. The summed E-state index contributed by atoms with van der Waals surface area (Å²) in [5.41, 5.74) is 6.15. The molecule has 0 aliphatic carbocycles. The van der Waals surface area contributed by atoms with E-state index in [9.17, 15) is 4.79 Å². The van der Waals surface area contributed by atoms with Gasteiger partial charge in [-0.3, -0.25) is 4.79 Å². The Morgan fingerprint density at radius 3 is 2.86 bits per heavy atom. The first-order chi connectivity index (χ1) is 10.7. The van der Waals surface area contributed by atoms with Crippen LogP contribution >= 0.6 is 11.3 Å². The van der Waals surface area contributed by atoms with Gasteiger partial charge in [0.05, 0.1) is 6.21 Å². The van der Waals surface area contributed by atoms with Crippen LogP contribution in [0.15, 0.2) is 46.2 Å². The molecule has 2 N–H and O–H groups in total.